The average molecular weight is 267 g/mol. The molecule has 2 rings (SSSR count). The van der Waals surface area contributed by atoms with E-state index in [4.69, 9.17) is 5.11 Å². The molecule has 3 nitrogen and oxygen atoms in total. The number of aromatic carboxylic acids is 1. The number of carboxylic acid groups (broad SMARTS) is 1. The Balaban J connectivity index is 2.37. The number of hydrogen-bond acceptors (Lipinski definition) is 2. The van der Waals surface area contributed by atoms with Crippen molar-refractivity contribution in [1.29, 1.82) is 0 Å². The van der Waals surface area contributed by atoms with E-state index >= 15 is 0 Å². The molecule has 0 radical (unpaired) electrons. The van der Waals surface area contributed by atoms with Crippen molar-refractivity contribution in [2.75, 3.05) is 0 Å². The van der Waals surface area contributed by atoms with E-state index in [9.17, 15) is 18.0 Å². The number of hydrogen-bond donors (Lipinski definition) is 1. The molecule has 0 amide bonds. The number of benzene rings is 1. The van der Waals surface area contributed by atoms with Crippen LogP contribution in [0.3, 0.4) is 0 Å². The second-order valence-electron chi connectivity index (χ2n) is 3.81. The lowest BCUT2D eigenvalue weighted by Gasteiger charge is -2.08. The zero-order valence-corrected chi connectivity index (χ0v) is 9.48. The molecule has 0 aliphatic rings. The third kappa shape index (κ3) is 2.90. The van der Waals surface area contributed by atoms with Gasteiger partial charge in [0.15, 0.2) is 0 Å². The monoisotopic (exact) mass is 267 g/mol. The zero-order valence-electron chi connectivity index (χ0n) is 9.48. The number of aromatic nitrogens is 1. The van der Waals surface area contributed by atoms with E-state index in [1.165, 1.54) is 30.5 Å². The summed E-state index contributed by atoms with van der Waals surface area (Å²) in [5, 5.41) is 8.80. The van der Waals surface area contributed by atoms with E-state index < -0.39 is 17.7 Å². The van der Waals surface area contributed by atoms with Gasteiger partial charge >= 0.3 is 12.1 Å². The molecule has 1 heterocycles. The Kier molecular flexibility index (Phi) is 3.25. The van der Waals surface area contributed by atoms with Crippen LogP contribution in [0, 0.1) is 0 Å². The summed E-state index contributed by atoms with van der Waals surface area (Å²) in [5.74, 6) is -1.19. The minimum Gasteiger partial charge on any atom is -0.477 e. The van der Waals surface area contributed by atoms with Gasteiger partial charge in [-0.05, 0) is 35.4 Å². The Morgan fingerprint density at radius 1 is 1.05 bits per heavy atom. The molecule has 19 heavy (non-hydrogen) atoms. The Bertz CT molecular complexity index is 606. The number of alkyl halides is 3. The largest absolute Gasteiger partial charge is 0.477 e. The number of nitrogens with zero attached hydrogens (tertiary/aromatic N) is 1. The first kappa shape index (κ1) is 13.1. The first-order chi connectivity index (χ1) is 8.88. The van der Waals surface area contributed by atoms with Gasteiger partial charge in [-0.1, -0.05) is 12.1 Å². The van der Waals surface area contributed by atoms with E-state index in [0.29, 0.717) is 11.1 Å². The van der Waals surface area contributed by atoms with Crippen LogP contribution < -0.4 is 0 Å². The summed E-state index contributed by atoms with van der Waals surface area (Å²) in [5.41, 5.74) is 0.0974. The number of halogens is 3. The van der Waals surface area contributed by atoms with E-state index in [1.807, 2.05) is 0 Å². The standard InChI is InChI=1S/C13H8F3NO2/c14-13(15,16)10-3-1-8(2-4-10)9-5-6-17-11(7-9)12(18)19/h1-7H,(H,18,19). The Morgan fingerprint density at radius 2 is 1.68 bits per heavy atom. The van der Waals surface area contributed by atoms with Crippen molar-refractivity contribution in [1.82, 2.24) is 4.98 Å². The molecule has 0 unspecified atom stereocenters. The van der Waals surface area contributed by atoms with Gasteiger partial charge in [0, 0.05) is 6.20 Å². The number of pyridine rings is 1. The predicted molar refractivity (Wildman–Crippen MR) is 61.6 cm³/mol. The van der Waals surface area contributed by atoms with Crippen molar-refractivity contribution in [3.05, 3.63) is 53.9 Å². The Labute approximate surface area is 106 Å². The second-order valence-corrected chi connectivity index (χ2v) is 3.81. The lowest BCUT2D eigenvalue weighted by Crippen LogP contribution is -2.04. The third-order valence-electron chi connectivity index (χ3n) is 2.52. The van der Waals surface area contributed by atoms with Gasteiger partial charge < -0.3 is 5.11 Å². The summed E-state index contributed by atoms with van der Waals surface area (Å²) < 4.78 is 37.2. The smallest absolute Gasteiger partial charge is 0.416 e. The Hall–Kier alpha value is -2.37. The van der Waals surface area contributed by atoms with Crippen LogP contribution >= 0.6 is 0 Å². The van der Waals surface area contributed by atoms with Crippen molar-refractivity contribution >= 4 is 5.97 Å². The summed E-state index contributed by atoms with van der Waals surface area (Å²) >= 11 is 0. The minimum absolute atomic E-state index is 0.155. The third-order valence-corrected chi connectivity index (χ3v) is 2.52. The SMILES string of the molecule is O=C(O)c1cc(-c2ccc(C(F)(F)F)cc2)ccn1. The molecule has 0 saturated carbocycles. The topological polar surface area (TPSA) is 50.2 Å². The fraction of sp³-hybridized carbons (Fsp3) is 0.0769. The van der Waals surface area contributed by atoms with Crippen LogP contribution in [0.25, 0.3) is 11.1 Å². The fourth-order valence-corrected chi connectivity index (χ4v) is 1.58. The quantitative estimate of drug-likeness (QED) is 0.906. The molecule has 98 valence electrons. The highest BCUT2D eigenvalue weighted by molar-refractivity contribution is 5.87. The van der Waals surface area contributed by atoms with Crippen molar-refractivity contribution in [3.8, 4) is 11.1 Å². The summed E-state index contributed by atoms with van der Waals surface area (Å²) in [6.07, 6.45) is -3.08. The van der Waals surface area contributed by atoms with Gasteiger partial charge in [0.25, 0.3) is 0 Å². The average Bonchev–Trinajstić information content (AvgIpc) is 2.38. The summed E-state index contributed by atoms with van der Waals surface area (Å²) in [7, 11) is 0. The number of rotatable bonds is 2. The van der Waals surface area contributed by atoms with Crippen LogP contribution in [0.15, 0.2) is 42.6 Å². The zero-order chi connectivity index (χ0) is 14.0. The van der Waals surface area contributed by atoms with Gasteiger partial charge in [0.2, 0.25) is 0 Å². The summed E-state index contributed by atoms with van der Waals surface area (Å²) in [6.45, 7) is 0. The van der Waals surface area contributed by atoms with Crippen LogP contribution in [0.2, 0.25) is 0 Å². The Morgan fingerprint density at radius 3 is 2.21 bits per heavy atom. The molecular weight excluding hydrogens is 259 g/mol. The molecule has 0 aliphatic carbocycles. The highest BCUT2D eigenvalue weighted by atomic mass is 19.4. The van der Waals surface area contributed by atoms with Gasteiger partial charge in [-0.15, -0.1) is 0 Å². The van der Waals surface area contributed by atoms with E-state index in [0.717, 1.165) is 12.1 Å². The number of carboxylic acids is 1. The summed E-state index contributed by atoms with van der Waals surface area (Å²) in [6, 6.07) is 7.35. The molecular formula is C13H8F3NO2. The van der Waals surface area contributed by atoms with Gasteiger partial charge in [-0.3, -0.25) is 0 Å². The summed E-state index contributed by atoms with van der Waals surface area (Å²) in [4.78, 5) is 14.4. The maximum absolute atomic E-state index is 12.4. The lowest BCUT2D eigenvalue weighted by atomic mass is 10.0. The van der Waals surface area contributed by atoms with Gasteiger partial charge in [-0.25, -0.2) is 9.78 Å². The van der Waals surface area contributed by atoms with Crippen molar-refractivity contribution in [3.63, 3.8) is 0 Å². The maximum atomic E-state index is 12.4. The molecule has 2 aromatic rings. The molecule has 1 aromatic heterocycles. The van der Waals surface area contributed by atoms with Crippen molar-refractivity contribution in [2.24, 2.45) is 0 Å². The van der Waals surface area contributed by atoms with Crippen molar-refractivity contribution < 1.29 is 23.1 Å². The lowest BCUT2D eigenvalue weighted by molar-refractivity contribution is -0.137. The first-order valence-electron chi connectivity index (χ1n) is 5.25. The van der Waals surface area contributed by atoms with E-state index in [1.54, 1.807) is 0 Å². The van der Waals surface area contributed by atoms with Gasteiger partial charge in [-0.2, -0.15) is 13.2 Å². The van der Waals surface area contributed by atoms with Crippen LogP contribution in [-0.4, -0.2) is 16.1 Å². The molecule has 1 N–H and O–H groups in total. The highest BCUT2D eigenvalue weighted by Crippen LogP contribution is 2.30. The second kappa shape index (κ2) is 4.72. The molecule has 0 spiro atoms. The molecule has 0 atom stereocenters. The number of carbonyl (C=O) groups is 1. The van der Waals surface area contributed by atoms with Crippen LogP contribution in [0.4, 0.5) is 13.2 Å². The minimum atomic E-state index is -4.39. The normalized spacial score (nSPS) is 11.3. The predicted octanol–water partition coefficient (Wildman–Crippen LogP) is 3.47. The van der Waals surface area contributed by atoms with Crippen LogP contribution in [0.5, 0.6) is 0 Å². The fourth-order valence-electron chi connectivity index (χ4n) is 1.58. The molecule has 0 saturated heterocycles. The van der Waals surface area contributed by atoms with Gasteiger partial charge in [0.05, 0.1) is 5.56 Å². The van der Waals surface area contributed by atoms with Crippen LogP contribution in [-0.2, 0) is 6.18 Å². The molecule has 0 fully saturated rings. The molecule has 6 heteroatoms. The van der Waals surface area contributed by atoms with E-state index in [-0.39, 0.29) is 5.69 Å². The van der Waals surface area contributed by atoms with Crippen LogP contribution in [0.1, 0.15) is 16.1 Å². The first-order valence-corrected chi connectivity index (χ1v) is 5.25. The molecule has 0 bridgehead atoms. The molecule has 0 aliphatic heterocycles. The maximum Gasteiger partial charge on any atom is 0.416 e. The van der Waals surface area contributed by atoms with E-state index in [2.05, 4.69) is 4.98 Å². The molecule has 1 aromatic carbocycles. The van der Waals surface area contributed by atoms with Gasteiger partial charge in [0.1, 0.15) is 5.69 Å². The van der Waals surface area contributed by atoms with Crippen molar-refractivity contribution in [2.45, 2.75) is 6.18 Å². The highest BCUT2D eigenvalue weighted by Gasteiger charge is 2.29.